The number of nitrogens with one attached hydrogen (secondary N) is 1. The average molecular weight is 335 g/mol. The molecule has 2 aromatic rings. The monoisotopic (exact) mass is 335 g/mol. The number of halogens is 3. The van der Waals surface area contributed by atoms with E-state index >= 15 is 0 Å². The Morgan fingerprint density at radius 1 is 1.17 bits per heavy atom. The highest BCUT2D eigenvalue weighted by Gasteiger charge is 2.30. The molecule has 6 heteroatoms. The van der Waals surface area contributed by atoms with Gasteiger partial charge in [0, 0.05) is 23.5 Å². The Bertz CT molecular complexity index is 722. The first-order valence-electron chi connectivity index (χ1n) is 7.27. The molecule has 0 spiro atoms. The summed E-state index contributed by atoms with van der Waals surface area (Å²) in [5.74, 6) is 0.401. The predicted octanol–water partition coefficient (Wildman–Crippen LogP) is 4.91. The van der Waals surface area contributed by atoms with Gasteiger partial charge in [0.25, 0.3) is 0 Å². The van der Waals surface area contributed by atoms with Gasteiger partial charge in [-0.25, -0.2) is 0 Å². The Labute approximate surface area is 137 Å². The van der Waals surface area contributed by atoms with Crippen molar-refractivity contribution < 1.29 is 22.7 Å². The van der Waals surface area contributed by atoms with E-state index in [1.807, 2.05) is 6.92 Å². The van der Waals surface area contributed by atoms with Crippen LogP contribution in [0.5, 0.6) is 5.75 Å². The van der Waals surface area contributed by atoms with Crippen molar-refractivity contribution in [1.82, 2.24) is 0 Å². The molecule has 126 valence electrons. The zero-order valence-corrected chi connectivity index (χ0v) is 12.9. The van der Waals surface area contributed by atoms with Crippen molar-refractivity contribution in [3.63, 3.8) is 0 Å². The summed E-state index contributed by atoms with van der Waals surface area (Å²) < 4.78 is 43.1. The lowest BCUT2D eigenvalue weighted by Gasteiger charge is -2.08. The molecule has 1 N–H and O–H groups in total. The minimum atomic E-state index is -4.40. The van der Waals surface area contributed by atoms with Crippen molar-refractivity contribution in [2.75, 3.05) is 11.9 Å². The number of allylic oxidation sites excluding steroid dienone is 1. The Hall–Kier alpha value is -2.76. The van der Waals surface area contributed by atoms with Crippen LogP contribution in [-0.2, 0) is 6.18 Å². The Balaban J connectivity index is 1.99. The first-order chi connectivity index (χ1) is 11.4. The summed E-state index contributed by atoms with van der Waals surface area (Å²) in [6.45, 7) is 2.40. The number of carbonyl (C=O) groups is 1. The molecule has 0 fully saturated rings. The first-order valence-corrected chi connectivity index (χ1v) is 7.27. The van der Waals surface area contributed by atoms with E-state index in [0.29, 0.717) is 17.9 Å². The normalized spacial score (nSPS) is 11.5. The largest absolute Gasteiger partial charge is 0.494 e. The number of hydrogen-bond acceptors (Lipinski definition) is 3. The standard InChI is InChI=1S/C18H16F3NO2/c1-2-24-16-8-6-13(7-9-16)17(23)10-11-22-15-5-3-4-14(12-15)18(19,20)21/h3-12,22H,2H2,1H3/b11-10+. The van der Waals surface area contributed by atoms with Crippen molar-refractivity contribution in [3.05, 3.63) is 71.9 Å². The second-order valence-corrected chi connectivity index (χ2v) is 4.88. The highest BCUT2D eigenvalue weighted by molar-refractivity contribution is 6.04. The molecule has 0 aromatic heterocycles. The van der Waals surface area contributed by atoms with E-state index in [0.717, 1.165) is 12.1 Å². The van der Waals surface area contributed by atoms with Gasteiger partial charge in [0.05, 0.1) is 12.2 Å². The maximum absolute atomic E-state index is 12.6. The van der Waals surface area contributed by atoms with Crippen LogP contribution in [0, 0.1) is 0 Å². The molecule has 24 heavy (non-hydrogen) atoms. The molecule has 0 heterocycles. The summed E-state index contributed by atoms with van der Waals surface area (Å²) >= 11 is 0. The minimum absolute atomic E-state index is 0.251. The van der Waals surface area contributed by atoms with Crippen LogP contribution in [0.25, 0.3) is 0 Å². The number of ether oxygens (including phenoxy) is 1. The molecule has 0 unspecified atom stereocenters. The van der Waals surface area contributed by atoms with E-state index < -0.39 is 11.7 Å². The number of rotatable bonds is 6. The molecule has 0 amide bonds. The fourth-order valence-electron chi connectivity index (χ4n) is 1.98. The van der Waals surface area contributed by atoms with E-state index in [-0.39, 0.29) is 11.5 Å². The number of ketones is 1. The lowest BCUT2D eigenvalue weighted by Crippen LogP contribution is -2.05. The molecule has 0 aliphatic rings. The van der Waals surface area contributed by atoms with Gasteiger partial charge < -0.3 is 10.1 Å². The SMILES string of the molecule is CCOc1ccc(C(=O)/C=C/Nc2cccc(C(F)(F)F)c2)cc1. The van der Waals surface area contributed by atoms with Crippen LogP contribution in [0.15, 0.2) is 60.8 Å². The smallest absolute Gasteiger partial charge is 0.416 e. The van der Waals surface area contributed by atoms with Crippen LogP contribution in [-0.4, -0.2) is 12.4 Å². The second-order valence-electron chi connectivity index (χ2n) is 4.88. The lowest BCUT2D eigenvalue weighted by molar-refractivity contribution is -0.137. The molecule has 0 aliphatic carbocycles. The zero-order chi connectivity index (χ0) is 17.6. The van der Waals surface area contributed by atoms with Crippen molar-refractivity contribution in [1.29, 1.82) is 0 Å². The third-order valence-corrected chi connectivity index (χ3v) is 3.12. The number of alkyl halides is 3. The van der Waals surface area contributed by atoms with Crippen LogP contribution in [0.2, 0.25) is 0 Å². The van der Waals surface area contributed by atoms with Crippen molar-refractivity contribution in [2.24, 2.45) is 0 Å². The van der Waals surface area contributed by atoms with Crippen LogP contribution < -0.4 is 10.1 Å². The summed E-state index contributed by atoms with van der Waals surface area (Å²) in [4.78, 5) is 12.0. The molecule has 0 saturated heterocycles. The Morgan fingerprint density at radius 2 is 1.88 bits per heavy atom. The molecule has 0 saturated carbocycles. The van der Waals surface area contributed by atoms with Gasteiger partial charge in [-0.1, -0.05) is 6.07 Å². The highest BCUT2D eigenvalue weighted by Crippen LogP contribution is 2.30. The molecule has 3 nitrogen and oxygen atoms in total. The molecule has 0 atom stereocenters. The van der Waals surface area contributed by atoms with Crippen LogP contribution >= 0.6 is 0 Å². The Kier molecular flexibility index (Phi) is 5.63. The maximum atomic E-state index is 12.6. The average Bonchev–Trinajstić information content (AvgIpc) is 2.55. The van der Waals surface area contributed by atoms with Gasteiger partial charge in [0.15, 0.2) is 5.78 Å². The molecular formula is C18H16F3NO2. The third kappa shape index (κ3) is 4.87. The van der Waals surface area contributed by atoms with Gasteiger partial charge in [-0.15, -0.1) is 0 Å². The Morgan fingerprint density at radius 3 is 2.50 bits per heavy atom. The zero-order valence-electron chi connectivity index (χ0n) is 12.9. The molecule has 0 aliphatic heterocycles. The summed E-state index contributed by atoms with van der Waals surface area (Å²) in [6, 6.07) is 11.4. The topological polar surface area (TPSA) is 38.3 Å². The van der Waals surface area contributed by atoms with Gasteiger partial charge in [0.2, 0.25) is 0 Å². The maximum Gasteiger partial charge on any atom is 0.416 e. The van der Waals surface area contributed by atoms with Crippen molar-refractivity contribution in [2.45, 2.75) is 13.1 Å². The first kappa shape index (κ1) is 17.6. The van der Waals surface area contributed by atoms with E-state index in [1.165, 1.54) is 24.4 Å². The van der Waals surface area contributed by atoms with Crippen LogP contribution in [0.1, 0.15) is 22.8 Å². The third-order valence-electron chi connectivity index (χ3n) is 3.12. The van der Waals surface area contributed by atoms with Gasteiger partial charge in [-0.2, -0.15) is 13.2 Å². The fourth-order valence-corrected chi connectivity index (χ4v) is 1.98. The number of benzene rings is 2. The van der Waals surface area contributed by atoms with Crippen molar-refractivity contribution >= 4 is 11.5 Å². The molecule has 2 rings (SSSR count). The number of anilines is 1. The van der Waals surface area contributed by atoms with Gasteiger partial charge in [-0.3, -0.25) is 4.79 Å². The fraction of sp³-hybridized carbons (Fsp3) is 0.167. The molecule has 2 aromatic carbocycles. The molecule has 0 radical (unpaired) electrons. The van der Waals surface area contributed by atoms with Crippen LogP contribution in [0.4, 0.5) is 18.9 Å². The van der Waals surface area contributed by atoms with E-state index in [1.54, 1.807) is 24.3 Å². The van der Waals surface area contributed by atoms with Crippen LogP contribution in [0.3, 0.4) is 0 Å². The second kappa shape index (κ2) is 7.68. The summed E-state index contributed by atoms with van der Waals surface area (Å²) in [5.41, 5.74) is -0.0418. The predicted molar refractivity (Wildman–Crippen MR) is 86.1 cm³/mol. The van der Waals surface area contributed by atoms with Gasteiger partial charge in [-0.05, 0) is 49.4 Å². The van der Waals surface area contributed by atoms with E-state index in [4.69, 9.17) is 4.74 Å². The summed E-state index contributed by atoms with van der Waals surface area (Å²) in [5, 5.41) is 2.66. The van der Waals surface area contributed by atoms with Crippen molar-refractivity contribution in [3.8, 4) is 5.75 Å². The summed E-state index contributed by atoms with van der Waals surface area (Å²) in [7, 11) is 0. The quantitative estimate of drug-likeness (QED) is 0.602. The summed E-state index contributed by atoms with van der Waals surface area (Å²) in [6.07, 6.45) is -1.83. The number of carbonyl (C=O) groups excluding carboxylic acids is 1. The number of hydrogen-bond donors (Lipinski definition) is 1. The molecule has 0 bridgehead atoms. The van der Waals surface area contributed by atoms with E-state index in [2.05, 4.69) is 5.32 Å². The molecular weight excluding hydrogens is 319 g/mol. The lowest BCUT2D eigenvalue weighted by atomic mass is 10.1. The highest BCUT2D eigenvalue weighted by atomic mass is 19.4. The minimum Gasteiger partial charge on any atom is -0.494 e. The van der Waals surface area contributed by atoms with E-state index in [9.17, 15) is 18.0 Å². The van der Waals surface area contributed by atoms with Gasteiger partial charge in [0.1, 0.15) is 5.75 Å². The van der Waals surface area contributed by atoms with Gasteiger partial charge >= 0.3 is 6.18 Å².